The van der Waals surface area contributed by atoms with Crippen LogP contribution in [-0.4, -0.2) is 48.2 Å². The zero-order chi connectivity index (χ0) is 17.9. The van der Waals surface area contributed by atoms with Gasteiger partial charge in [0.05, 0.1) is 12.8 Å². The summed E-state index contributed by atoms with van der Waals surface area (Å²) in [5.74, 6) is 1.94. The van der Waals surface area contributed by atoms with Crippen LogP contribution in [0.3, 0.4) is 0 Å². The predicted molar refractivity (Wildman–Crippen MR) is 105 cm³/mol. The number of methoxy groups -OCH3 is 1. The molecule has 0 spiro atoms. The quantitative estimate of drug-likeness (QED) is 0.724. The predicted octanol–water partition coefficient (Wildman–Crippen LogP) is 3.27. The number of ether oxygens (including phenoxy) is 1. The lowest BCUT2D eigenvalue weighted by Crippen LogP contribution is -2.46. The van der Waals surface area contributed by atoms with Gasteiger partial charge in [0, 0.05) is 44.3 Å². The van der Waals surface area contributed by atoms with Gasteiger partial charge in [-0.3, -0.25) is 4.90 Å². The second-order valence-corrected chi connectivity index (χ2v) is 6.74. The minimum Gasteiger partial charge on any atom is -0.494 e. The molecular weight excluding hydrogens is 324 g/mol. The second-order valence-electron chi connectivity index (χ2n) is 6.74. The average Bonchev–Trinajstić information content (AvgIpc) is 2.68. The van der Waals surface area contributed by atoms with Gasteiger partial charge < -0.3 is 9.64 Å². The topological polar surface area (TPSA) is 41.5 Å². The van der Waals surface area contributed by atoms with Crippen LogP contribution in [-0.2, 0) is 6.54 Å². The first-order chi connectivity index (χ1) is 12.7. The summed E-state index contributed by atoms with van der Waals surface area (Å²) in [6.07, 6.45) is 1.88. The average molecular weight is 348 g/mol. The van der Waals surface area contributed by atoms with Gasteiger partial charge in [-0.25, -0.2) is 9.97 Å². The van der Waals surface area contributed by atoms with Crippen molar-refractivity contribution < 1.29 is 4.74 Å². The summed E-state index contributed by atoms with van der Waals surface area (Å²) in [6, 6.07) is 14.4. The highest BCUT2D eigenvalue weighted by molar-refractivity contribution is 5.84. The minimum absolute atomic E-state index is 0.833. The van der Waals surface area contributed by atoms with Gasteiger partial charge in [-0.2, -0.15) is 0 Å². The summed E-state index contributed by atoms with van der Waals surface area (Å²) >= 11 is 0. The molecule has 0 saturated carbocycles. The molecule has 1 aliphatic heterocycles. The maximum absolute atomic E-state index is 5.46. The molecule has 5 nitrogen and oxygen atoms in total. The van der Waals surface area contributed by atoms with Crippen LogP contribution in [0, 0.1) is 6.92 Å². The molecule has 0 amide bonds. The molecular formula is C21H24N4O. The lowest BCUT2D eigenvalue weighted by Gasteiger charge is -2.35. The Morgan fingerprint density at radius 3 is 2.62 bits per heavy atom. The molecule has 1 aromatic carbocycles. The Balaban J connectivity index is 1.45. The van der Waals surface area contributed by atoms with Crippen molar-refractivity contribution in [3.8, 4) is 5.75 Å². The third-order valence-corrected chi connectivity index (χ3v) is 5.00. The lowest BCUT2D eigenvalue weighted by atomic mass is 10.1. The molecule has 134 valence electrons. The molecule has 5 heteroatoms. The molecule has 26 heavy (non-hydrogen) atoms. The monoisotopic (exact) mass is 348 g/mol. The van der Waals surface area contributed by atoms with E-state index in [1.807, 2.05) is 24.4 Å². The molecule has 3 heterocycles. The number of anilines is 1. The zero-order valence-corrected chi connectivity index (χ0v) is 15.4. The van der Waals surface area contributed by atoms with Gasteiger partial charge in [0.2, 0.25) is 0 Å². The van der Waals surface area contributed by atoms with E-state index in [0.29, 0.717) is 0 Å². The van der Waals surface area contributed by atoms with Crippen LogP contribution in [0.5, 0.6) is 5.75 Å². The molecule has 0 atom stereocenters. The molecule has 3 aromatic rings. The number of rotatable bonds is 4. The normalized spacial score (nSPS) is 15.4. The number of pyridine rings is 2. The molecule has 1 fully saturated rings. The van der Waals surface area contributed by atoms with Crippen molar-refractivity contribution in [1.82, 2.24) is 14.9 Å². The van der Waals surface area contributed by atoms with Crippen LogP contribution in [0.15, 0.2) is 48.7 Å². The van der Waals surface area contributed by atoms with Crippen molar-refractivity contribution in [2.75, 3.05) is 38.2 Å². The third kappa shape index (κ3) is 3.35. The van der Waals surface area contributed by atoms with Crippen LogP contribution >= 0.6 is 0 Å². The first kappa shape index (κ1) is 16.8. The third-order valence-electron chi connectivity index (χ3n) is 5.00. The highest BCUT2D eigenvalue weighted by atomic mass is 16.5. The van der Waals surface area contributed by atoms with Gasteiger partial charge in [-0.1, -0.05) is 24.3 Å². The van der Waals surface area contributed by atoms with Crippen LogP contribution < -0.4 is 9.64 Å². The van der Waals surface area contributed by atoms with Crippen molar-refractivity contribution in [3.05, 3.63) is 59.9 Å². The number of benzene rings is 1. The van der Waals surface area contributed by atoms with Gasteiger partial charge in [0.25, 0.3) is 0 Å². The fourth-order valence-electron chi connectivity index (χ4n) is 3.57. The van der Waals surface area contributed by atoms with Crippen LogP contribution in [0.4, 0.5) is 5.82 Å². The standard InChI is InChI=1S/C21H24N4O/c1-16-5-4-10-22-21(16)25-13-11-24(12-14-25)15-18-9-8-17-6-3-7-19(26-2)20(17)23-18/h3-10H,11-15H2,1-2H3. The van der Waals surface area contributed by atoms with Crippen molar-refractivity contribution in [2.45, 2.75) is 13.5 Å². The molecule has 0 N–H and O–H groups in total. The van der Waals surface area contributed by atoms with Crippen molar-refractivity contribution in [3.63, 3.8) is 0 Å². The molecule has 4 rings (SSSR count). The SMILES string of the molecule is COc1cccc2ccc(CN3CCN(c4ncccc4C)CC3)nc12. The number of aryl methyl sites for hydroxylation is 1. The second kappa shape index (κ2) is 7.30. The fraction of sp³-hybridized carbons (Fsp3) is 0.333. The summed E-state index contributed by atoms with van der Waals surface area (Å²) in [5, 5.41) is 1.11. The molecule has 1 saturated heterocycles. The molecule has 0 aliphatic carbocycles. The van der Waals surface area contributed by atoms with Crippen LogP contribution in [0.2, 0.25) is 0 Å². The van der Waals surface area contributed by atoms with Crippen molar-refractivity contribution in [2.24, 2.45) is 0 Å². The summed E-state index contributed by atoms with van der Waals surface area (Å²) in [6.45, 7) is 7.01. The van der Waals surface area contributed by atoms with E-state index in [4.69, 9.17) is 9.72 Å². The Labute approximate surface area is 154 Å². The Bertz CT molecular complexity index is 903. The van der Waals surface area contributed by atoms with Crippen LogP contribution in [0.1, 0.15) is 11.3 Å². The number of aromatic nitrogens is 2. The number of hydrogen-bond donors (Lipinski definition) is 0. The van der Waals surface area contributed by atoms with Gasteiger partial charge in [0.1, 0.15) is 17.1 Å². The Morgan fingerprint density at radius 1 is 1.00 bits per heavy atom. The Morgan fingerprint density at radius 2 is 1.85 bits per heavy atom. The van der Waals surface area contributed by atoms with Crippen molar-refractivity contribution in [1.29, 1.82) is 0 Å². The largest absolute Gasteiger partial charge is 0.494 e. The summed E-state index contributed by atoms with van der Waals surface area (Å²) in [7, 11) is 1.70. The molecule has 0 bridgehead atoms. The summed E-state index contributed by atoms with van der Waals surface area (Å²) in [4.78, 5) is 14.2. The van der Waals surface area contributed by atoms with Gasteiger partial charge in [-0.05, 0) is 30.7 Å². The Hall–Kier alpha value is -2.66. The number of nitrogens with zero attached hydrogens (tertiary/aromatic N) is 4. The molecule has 0 radical (unpaired) electrons. The highest BCUT2D eigenvalue weighted by Crippen LogP contribution is 2.24. The van der Waals surface area contributed by atoms with Crippen LogP contribution in [0.25, 0.3) is 10.9 Å². The van der Waals surface area contributed by atoms with E-state index in [0.717, 1.165) is 60.9 Å². The first-order valence-corrected chi connectivity index (χ1v) is 9.06. The summed E-state index contributed by atoms with van der Waals surface area (Å²) < 4.78 is 5.46. The Kier molecular flexibility index (Phi) is 4.71. The molecule has 2 aromatic heterocycles. The van der Waals surface area contributed by atoms with E-state index in [2.05, 4.69) is 46.0 Å². The van der Waals surface area contributed by atoms with E-state index in [-0.39, 0.29) is 0 Å². The van der Waals surface area contributed by atoms with E-state index in [1.165, 1.54) is 5.56 Å². The number of para-hydroxylation sites is 1. The number of piperazine rings is 1. The first-order valence-electron chi connectivity index (χ1n) is 9.06. The number of hydrogen-bond acceptors (Lipinski definition) is 5. The van der Waals surface area contributed by atoms with E-state index in [9.17, 15) is 0 Å². The van der Waals surface area contributed by atoms with E-state index < -0.39 is 0 Å². The molecule has 0 unspecified atom stereocenters. The highest BCUT2D eigenvalue weighted by Gasteiger charge is 2.19. The van der Waals surface area contributed by atoms with Gasteiger partial charge in [-0.15, -0.1) is 0 Å². The number of fused-ring (bicyclic) bond motifs is 1. The van der Waals surface area contributed by atoms with Gasteiger partial charge >= 0.3 is 0 Å². The maximum atomic E-state index is 5.46. The zero-order valence-electron chi connectivity index (χ0n) is 15.4. The summed E-state index contributed by atoms with van der Waals surface area (Å²) in [5.41, 5.74) is 3.27. The minimum atomic E-state index is 0.833. The van der Waals surface area contributed by atoms with E-state index in [1.54, 1.807) is 7.11 Å². The lowest BCUT2D eigenvalue weighted by molar-refractivity contribution is 0.246. The van der Waals surface area contributed by atoms with E-state index >= 15 is 0 Å². The maximum Gasteiger partial charge on any atom is 0.145 e. The van der Waals surface area contributed by atoms with Crippen molar-refractivity contribution >= 4 is 16.7 Å². The fourth-order valence-corrected chi connectivity index (χ4v) is 3.57. The van der Waals surface area contributed by atoms with Gasteiger partial charge in [0.15, 0.2) is 0 Å². The smallest absolute Gasteiger partial charge is 0.145 e. The molecule has 1 aliphatic rings.